The molecule has 1 rings (SSSR count). The van der Waals surface area contributed by atoms with E-state index in [-0.39, 0.29) is 5.96 Å². The predicted molar refractivity (Wildman–Crippen MR) is 65.2 cm³/mol. The van der Waals surface area contributed by atoms with Crippen molar-refractivity contribution in [1.29, 1.82) is 5.41 Å². The molecule has 0 aliphatic carbocycles. The zero-order valence-electron chi connectivity index (χ0n) is 9.24. The highest BCUT2D eigenvalue weighted by Crippen LogP contribution is 2.13. The molecule has 0 heterocycles. The molecule has 0 aromatic heterocycles. The van der Waals surface area contributed by atoms with Crippen LogP contribution in [0.3, 0.4) is 0 Å². The Hall–Kier alpha value is -1.51. The lowest BCUT2D eigenvalue weighted by molar-refractivity contribution is 0.719. The average molecular weight is 205 g/mol. The first-order chi connectivity index (χ1) is 7.25. The number of nitrogens with two attached hydrogens (primary N) is 1. The Morgan fingerprint density at radius 2 is 1.93 bits per heavy atom. The van der Waals surface area contributed by atoms with E-state index in [1.54, 1.807) is 0 Å². The number of anilines is 1. The molecule has 0 bridgehead atoms. The van der Waals surface area contributed by atoms with Gasteiger partial charge in [0, 0.05) is 12.2 Å². The minimum atomic E-state index is 0.123. The van der Waals surface area contributed by atoms with E-state index < -0.39 is 0 Å². The molecule has 0 unspecified atom stereocenters. The summed E-state index contributed by atoms with van der Waals surface area (Å²) >= 11 is 0. The second-order valence-electron chi connectivity index (χ2n) is 3.58. The lowest BCUT2D eigenvalue weighted by Crippen LogP contribution is -2.37. The van der Waals surface area contributed by atoms with Crippen molar-refractivity contribution in [2.75, 3.05) is 11.4 Å². The van der Waals surface area contributed by atoms with Crippen molar-refractivity contribution < 1.29 is 0 Å². The Bertz CT molecular complexity index is 295. The molecule has 82 valence electrons. The standard InChI is InChI=1S/C12H19N3/c1-2-3-7-10-15(12(13)14)11-8-5-4-6-9-11/h4-6,8-9H,2-3,7,10H2,1H3,(H3,13,14). The quantitative estimate of drug-likeness (QED) is 0.441. The minimum absolute atomic E-state index is 0.123. The molecule has 0 atom stereocenters. The molecule has 15 heavy (non-hydrogen) atoms. The van der Waals surface area contributed by atoms with Gasteiger partial charge in [-0.2, -0.15) is 0 Å². The van der Waals surface area contributed by atoms with Crippen LogP contribution < -0.4 is 10.6 Å². The van der Waals surface area contributed by atoms with Gasteiger partial charge in [0.15, 0.2) is 5.96 Å². The molecule has 1 aromatic rings. The Morgan fingerprint density at radius 3 is 2.47 bits per heavy atom. The highest BCUT2D eigenvalue weighted by Gasteiger charge is 2.07. The number of para-hydroxylation sites is 1. The molecule has 0 saturated heterocycles. The van der Waals surface area contributed by atoms with Gasteiger partial charge >= 0.3 is 0 Å². The second kappa shape index (κ2) is 6.06. The van der Waals surface area contributed by atoms with E-state index in [0.717, 1.165) is 18.7 Å². The van der Waals surface area contributed by atoms with Gasteiger partial charge in [-0.25, -0.2) is 0 Å². The zero-order chi connectivity index (χ0) is 11.1. The second-order valence-corrected chi connectivity index (χ2v) is 3.58. The van der Waals surface area contributed by atoms with Crippen LogP contribution in [0.15, 0.2) is 30.3 Å². The molecule has 0 amide bonds. The number of benzene rings is 1. The first-order valence-corrected chi connectivity index (χ1v) is 5.42. The van der Waals surface area contributed by atoms with Crippen molar-refractivity contribution >= 4 is 11.6 Å². The summed E-state index contributed by atoms with van der Waals surface area (Å²) in [7, 11) is 0. The third-order valence-electron chi connectivity index (χ3n) is 2.34. The molecule has 1 aromatic carbocycles. The Morgan fingerprint density at radius 1 is 1.27 bits per heavy atom. The highest BCUT2D eigenvalue weighted by molar-refractivity contribution is 5.92. The van der Waals surface area contributed by atoms with Crippen molar-refractivity contribution in [2.24, 2.45) is 5.73 Å². The van der Waals surface area contributed by atoms with Gasteiger partial charge in [0.2, 0.25) is 0 Å². The molecule has 0 fully saturated rings. The predicted octanol–water partition coefficient (Wildman–Crippen LogP) is 2.58. The molecule has 0 spiro atoms. The van der Waals surface area contributed by atoms with Gasteiger partial charge in [-0.05, 0) is 18.6 Å². The van der Waals surface area contributed by atoms with E-state index in [4.69, 9.17) is 11.1 Å². The Labute approximate surface area is 91.4 Å². The van der Waals surface area contributed by atoms with Gasteiger partial charge in [0.1, 0.15) is 0 Å². The summed E-state index contributed by atoms with van der Waals surface area (Å²) in [5, 5.41) is 7.53. The van der Waals surface area contributed by atoms with Crippen LogP contribution in [0.1, 0.15) is 26.2 Å². The van der Waals surface area contributed by atoms with Crippen LogP contribution in [0.2, 0.25) is 0 Å². The van der Waals surface area contributed by atoms with Gasteiger partial charge in [-0.3, -0.25) is 5.41 Å². The molecule has 3 heteroatoms. The first-order valence-electron chi connectivity index (χ1n) is 5.42. The lowest BCUT2D eigenvalue weighted by Gasteiger charge is -2.22. The summed E-state index contributed by atoms with van der Waals surface area (Å²) in [4.78, 5) is 1.84. The summed E-state index contributed by atoms with van der Waals surface area (Å²) in [5.41, 5.74) is 6.56. The number of unbranched alkanes of at least 4 members (excludes halogenated alkanes) is 2. The van der Waals surface area contributed by atoms with Crippen molar-refractivity contribution in [2.45, 2.75) is 26.2 Å². The van der Waals surface area contributed by atoms with Crippen LogP contribution in [-0.2, 0) is 0 Å². The zero-order valence-corrected chi connectivity index (χ0v) is 9.24. The minimum Gasteiger partial charge on any atom is -0.370 e. The maximum Gasteiger partial charge on any atom is 0.192 e. The number of rotatable bonds is 5. The molecule has 3 N–H and O–H groups in total. The Kier molecular flexibility index (Phi) is 4.68. The summed E-state index contributed by atoms with van der Waals surface area (Å²) in [6.45, 7) is 2.99. The summed E-state index contributed by atoms with van der Waals surface area (Å²) < 4.78 is 0. The topological polar surface area (TPSA) is 53.1 Å². The van der Waals surface area contributed by atoms with Crippen LogP contribution in [0.25, 0.3) is 0 Å². The van der Waals surface area contributed by atoms with E-state index >= 15 is 0 Å². The van der Waals surface area contributed by atoms with Crippen molar-refractivity contribution in [3.63, 3.8) is 0 Å². The van der Waals surface area contributed by atoms with Crippen LogP contribution in [0.5, 0.6) is 0 Å². The number of hydrogen-bond donors (Lipinski definition) is 2. The molecule has 0 aliphatic heterocycles. The van der Waals surface area contributed by atoms with E-state index in [9.17, 15) is 0 Å². The number of nitrogens with one attached hydrogen (secondary N) is 1. The van der Waals surface area contributed by atoms with E-state index in [1.165, 1.54) is 12.8 Å². The fourth-order valence-corrected chi connectivity index (χ4v) is 1.52. The van der Waals surface area contributed by atoms with Gasteiger partial charge in [-0.15, -0.1) is 0 Å². The van der Waals surface area contributed by atoms with Crippen LogP contribution in [0.4, 0.5) is 5.69 Å². The normalized spacial score (nSPS) is 9.93. The van der Waals surface area contributed by atoms with E-state index in [0.29, 0.717) is 0 Å². The van der Waals surface area contributed by atoms with E-state index in [1.807, 2.05) is 35.2 Å². The largest absolute Gasteiger partial charge is 0.370 e. The van der Waals surface area contributed by atoms with Crippen molar-refractivity contribution in [3.05, 3.63) is 30.3 Å². The van der Waals surface area contributed by atoms with Crippen LogP contribution >= 0.6 is 0 Å². The summed E-state index contributed by atoms with van der Waals surface area (Å²) in [5.74, 6) is 0.123. The van der Waals surface area contributed by atoms with Gasteiger partial charge in [0.05, 0.1) is 0 Å². The van der Waals surface area contributed by atoms with Gasteiger partial charge in [0.25, 0.3) is 0 Å². The monoisotopic (exact) mass is 205 g/mol. The van der Waals surface area contributed by atoms with Gasteiger partial charge in [-0.1, -0.05) is 38.0 Å². The molecule has 0 saturated carbocycles. The maximum absolute atomic E-state index is 7.53. The molecule has 0 aliphatic rings. The Balaban J connectivity index is 2.62. The van der Waals surface area contributed by atoms with Gasteiger partial charge < -0.3 is 10.6 Å². The summed E-state index contributed by atoms with van der Waals surface area (Å²) in [6.07, 6.45) is 3.43. The average Bonchev–Trinajstić information content (AvgIpc) is 2.25. The maximum atomic E-state index is 7.53. The summed E-state index contributed by atoms with van der Waals surface area (Å²) in [6, 6.07) is 9.85. The third kappa shape index (κ3) is 3.62. The van der Waals surface area contributed by atoms with Crippen molar-refractivity contribution in [3.8, 4) is 0 Å². The molecule has 3 nitrogen and oxygen atoms in total. The molecular weight excluding hydrogens is 186 g/mol. The smallest absolute Gasteiger partial charge is 0.192 e. The number of guanidine groups is 1. The molecular formula is C12H19N3. The van der Waals surface area contributed by atoms with Crippen molar-refractivity contribution in [1.82, 2.24) is 0 Å². The van der Waals surface area contributed by atoms with E-state index in [2.05, 4.69) is 6.92 Å². The lowest BCUT2D eigenvalue weighted by atomic mass is 10.2. The fraction of sp³-hybridized carbons (Fsp3) is 0.417. The fourth-order valence-electron chi connectivity index (χ4n) is 1.52. The van der Waals surface area contributed by atoms with Crippen LogP contribution in [0, 0.1) is 5.41 Å². The number of nitrogens with zero attached hydrogens (tertiary/aromatic N) is 1. The third-order valence-corrected chi connectivity index (χ3v) is 2.34. The SMILES string of the molecule is CCCCCN(C(=N)N)c1ccccc1. The first kappa shape index (κ1) is 11.6. The highest BCUT2D eigenvalue weighted by atomic mass is 15.2. The number of hydrogen-bond acceptors (Lipinski definition) is 1. The van der Waals surface area contributed by atoms with Crippen LogP contribution in [-0.4, -0.2) is 12.5 Å². The molecule has 0 radical (unpaired) electrons.